The molecule has 1 rings (SSSR count). The maximum Gasteiger partial charge on any atom is 0.315 e. The molecule has 0 saturated carbocycles. The van der Waals surface area contributed by atoms with Crippen molar-refractivity contribution in [1.82, 2.24) is 4.98 Å². The fourth-order valence-corrected chi connectivity index (χ4v) is 1.31. The molecule has 0 bridgehead atoms. The van der Waals surface area contributed by atoms with Gasteiger partial charge < -0.3 is 0 Å². The summed E-state index contributed by atoms with van der Waals surface area (Å²) in [5, 5.41) is 9.90. The summed E-state index contributed by atoms with van der Waals surface area (Å²) in [7, 11) is 0. The zero-order chi connectivity index (χ0) is 10.9. The number of aryl methyl sites for hydroxylation is 1. The maximum atomic E-state index is 12.4. The number of nitrogens with zero attached hydrogens (tertiary/aromatic N) is 2. The summed E-state index contributed by atoms with van der Waals surface area (Å²) in [6, 6.07) is 0.953. The van der Waals surface area contributed by atoms with Crippen molar-refractivity contribution in [2.75, 3.05) is 0 Å². The van der Waals surface area contributed by atoms with E-state index in [0.29, 0.717) is 0 Å². The van der Waals surface area contributed by atoms with Gasteiger partial charge in [-0.15, -0.1) is 0 Å². The van der Waals surface area contributed by atoms with Crippen LogP contribution in [0.2, 0.25) is 5.15 Å². The predicted molar refractivity (Wildman–Crippen MR) is 45.6 cm³/mol. The van der Waals surface area contributed by atoms with E-state index in [1.165, 1.54) is 6.92 Å². The quantitative estimate of drug-likeness (QED) is 0.439. The number of nitro groups is 1. The zero-order valence-electron chi connectivity index (χ0n) is 7.00. The molecule has 0 saturated heterocycles. The van der Waals surface area contributed by atoms with Crippen LogP contribution >= 0.6 is 11.6 Å². The third kappa shape index (κ3) is 1.95. The van der Waals surface area contributed by atoms with Gasteiger partial charge in [0.2, 0.25) is 5.15 Å². The van der Waals surface area contributed by atoms with E-state index in [4.69, 9.17) is 11.6 Å². The summed E-state index contributed by atoms with van der Waals surface area (Å²) in [4.78, 5) is 13.0. The van der Waals surface area contributed by atoms with Gasteiger partial charge in [-0.3, -0.25) is 10.1 Å². The van der Waals surface area contributed by atoms with E-state index in [1.807, 2.05) is 0 Å². The monoisotopic (exact) mass is 222 g/mol. The molecule has 0 amide bonds. The Kier molecular flexibility index (Phi) is 2.95. The minimum Gasteiger partial charge on any atom is -0.258 e. The Labute approximate surface area is 82.7 Å². The first-order valence-electron chi connectivity index (χ1n) is 3.53. The van der Waals surface area contributed by atoms with Crippen LogP contribution in [0, 0.1) is 17.0 Å². The van der Waals surface area contributed by atoms with Gasteiger partial charge in [0, 0.05) is 5.69 Å². The molecule has 1 heterocycles. The minimum atomic E-state index is -2.94. The summed E-state index contributed by atoms with van der Waals surface area (Å²) in [5.41, 5.74) is -1.31. The summed E-state index contributed by atoms with van der Waals surface area (Å²) >= 11 is 5.39. The van der Waals surface area contributed by atoms with Crippen molar-refractivity contribution in [1.29, 1.82) is 0 Å². The number of halogens is 3. The van der Waals surface area contributed by atoms with Gasteiger partial charge in [0.25, 0.3) is 6.43 Å². The van der Waals surface area contributed by atoms with Gasteiger partial charge in [0.1, 0.15) is 5.56 Å². The van der Waals surface area contributed by atoms with Gasteiger partial charge in [-0.1, -0.05) is 11.6 Å². The molecule has 0 unspecified atom stereocenters. The highest BCUT2D eigenvalue weighted by Crippen LogP contribution is 2.33. The van der Waals surface area contributed by atoms with E-state index in [0.717, 1.165) is 6.07 Å². The number of pyridine rings is 1. The molecule has 0 aliphatic heterocycles. The van der Waals surface area contributed by atoms with Gasteiger partial charge in [-0.2, -0.15) is 0 Å². The van der Waals surface area contributed by atoms with Crippen molar-refractivity contribution in [3.63, 3.8) is 0 Å². The number of alkyl halides is 2. The van der Waals surface area contributed by atoms with Crippen LogP contribution in [-0.2, 0) is 0 Å². The van der Waals surface area contributed by atoms with E-state index >= 15 is 0 Å². The lowest BCUT2D eigenvalue weighted by atomic mass is 10.2. The fourth-order valence-electron chi connectivity index (χ4n) is 1.000. The summed E-state index contributed by atoms with van der Waals surface area (Å²) in [6.07, 6.45) is -2.94. The van der Waals surface area contributed by atoms with Gasteiger partial charge in [0.15, 0.2) is 0 Å². The maximum absolute atomic E-state index is 12.4. The van der Waals surface area contributed by atoms with Crippen LogP contribution in [0.25, 0.3) is 0 Å². The molecule has 0 N–H and O–H groups in total. The molecule has 0 atom stereocenters. The Morgan fingerprint density at radius 1 is 1.64 bits per heavy atom. The molecule has 0 spiro atoms. The highest BCUT2D eigenvalue weighted by molar-refractivity contribution is 6.31. The number of hydrogen-bond donors (Lipinski definition) is 0. The third-order valence-corrected chi connectivity index (χ3v) is 1.79. The molecule has 4 nitrogen and oxygen atoms in total. The first-order valence-corrected chi connectivity index (χ1v) is 3.91. The molecule has 0 aromatic carbocycles. The van der Waals surface area contributed by atoms with Crippen molar-refractivity contribution in [2.24, 2.45) is 0 Å². The van der Waals surface area contributed by atoms with E-state index in [-0.39, 0.29) is 5.69 Å². The van der Waals surface area contributed by atoms with E-state index in [9.17, 15) is 18.9 Å². The highest BCUT2D eigenvalue weighted by Gasteiger charge is 2.26. The largest absolute Gasteiger partial charge is 0.315 e. The SMILES string of the molecule is Cc1cc(C(F)F)c([N+](=O)[O-])c(Cl)n1. The molecular weight excluding hydrogens is 218 g/mol. The second kappa shape index (κ2) is 3.83. The minimum absolute atomic E-state index is 0.218. The van der Waals surface area contributed by atoms with Crippen LogP contribution in [0.15, 0.2) is 6.07 Å². The molecule has 0 radical (unpaired) electrons. The first-order chi connectivity index (χ1) is 6.43. The Bertz CT molecular complexity index is 384. The average Bonchev–Trinajstić information content (AvgIpc) is 2.01. The molecule has 7 heteroatoms. The molecule has 1 aromatic rings. The summed E-state index contributed by atoms with van der Waals surface area (Å²) in [5.74, 6) is 0. The van der Waals surface area contributed by atoms with Crippen molar-refractivity contribution in [3.8, 4) is 0 Å². The van der Waals surface area contributed by atoms with Gasteiger partial charge in [0.05, 0.1) is 4.92 Å². The lowest BCUT2D eigenvalue weighted by molar-refractivity contribution is -0.386. The van der Waals surface area contributed by atoms with Gasteiger partial charge in [-0.25, -0.2) is 13.8 Å². The lowest BCUT2D eigenvalue weighted by Gasteiger charge is -2.03. The van der Waals surface area contributed by atoms with E-state index in [1.54, 1.807) is 0 Å². The number of aromatic nitrogens is 1. The van der Waals surface area contributed by atoms with Crippen LogP contribution in [0.3, 0.4) is 0 Å². The van der Waals surface area contributed by atoms with Gasteiger partial charge in [-0.05, 0) is 13.0 Å². The van der Waals surface area contributed by atoms with Crippen molar-refractivity contribution >= 4 is 17.3 Å². The van der Waals surface area contributed by atoms with E-state index in [2.05, 4.69) is 4.98 Å². The molecule has 76 valence electrons. The number of rotatable bonds is 2. The Morgan fingerprint density at radius 3 is 2.64 bits per heavy atom. The Morgan fingerprint density at radius 2 is 2.21 bits per heavy atom. The molecular formula is C7H5ClF2N2O2. The van der Waals surface area contributed by atoms with Crippen LogP contribution in [-0.4, -0.2) is 9.91 Å². The predicted octanol–water partition coefficient (Wildman–Crippen LogP) is 2.89. The molecule has 0 fully saturated rings. The normalized spacial score (nSPS) is 10.6. The second-order valence-corrected chi connectivity index (χ2v) is 2.91. The highest BCUT2D eigenvalue weighted by atomic mass is 35.5. The number of hydrogen-bond acceptors (Lipinski definition) is 3. The second-order valence-electron chi connectivity index (χ2n) is 2.55. The standard InChI is InChI=1S/C7H5ClF2N2O2/c1-3-2-4(7(9)10)5(12(13)14)6(8)11-3/h2,7H,1H3. The first kappa shape index (κ1) is 10.8. The van der Waals surface area contributed by atoms with E-state index < -0.39 is 27.8 Å². The topological polar surface area (TPSA) is 56.0 Å². The lowest BCUT2D eigenvalue weighted by Crippen LogP contribution is -2.00. The molecule has 14 heavy (non-hydrogen) atoms. The van der Waals surface area contributed by atoms with Crippen molar-refractivity contribution < 1.29 is 13.7 Å². The fraction of sp³-hybridized carbons (Fsp3) is 0.286. The van der Waals surface area contributed by atoms with Crippen LogP contribution in [0.1, 0.15) is 17.7 Å². The molecule has 1 aromatic heterocycles. The van der Waals surface area contributed by atoms with Crippen LogP contribution in [0.4, 0.5) is 14.5 Å². The van der Waals surface area contributed by atoms with Crippen LogP contribution < -0.4 is 0 Å². The Balaban J connectivity index is 3.44. The smallest absolute Gasteiger partial charge is 0.258 e. The molecule has 0 aliphatic carbocycles. The summed E-state index contributed by atoms with van der Waals surface area (Å²) in [6.45, 7) is 1.43. The van der Waals surface area contributed by atoms with Crippen molar-refractivity contribution in [3.05, 3.63) is 32.6 Å². The Hall–Kier alpha value is -1.30. The van der Waals surface area contributed by atoms with Gasteiger partial charge >= 0.3 is 5.69 Å². The van der Waals surface area contributed by atoms with Crippen LogP contribution in [0.5, 0.6) is 0 Å². The average molecular weight is 223 g/mol. The summed E-state index contributed by atoms with van der Waals surface area (Å²) < 4.78 is 24.7. The third-order valence-electron chi connectivity index (χ3n) is 1.53. The van der Waals surface area contributed by atoms with Crippen molar-refractivity contribution in [2.45, 2.75) is 13.3 Å². The molecule has 0 aliphatic rings. The zero-order valence-corrected chi connectivity index (χ0v) is 7.76.